The molecule has 122 valence electrons. The predicted octanol–water partition coefficient (Wildman–Crippen LogP) is 2.57. The van der Waals surface area contributed by atoms with Crippen molar-refractivity contribution in [2.45, 2.75) is 57.7 Å². The molecule has 2 heterocycles. The van der Waals surface area contributed by atoms with Crippen LogP contribution in [0.15, 0.2) is 12.1 Å². The normalized spacial score (nSPS) is 24.8. The van der Waals surface area contributed by atoms with Crippen molar-refractivity contribution in [3.63, 3.8) is 0 Å². The van der Waals surface area contributed by atoms with E-state index in [4.69, 9.17) is 0 Å². The van der Waals surface area contributed by atoms with Gasteiger partial charge in [-0.1, -0.05) is 6.07 Å². The van der Waals surface area contributed by atoms with Gasteiger partial charge in [-0.25, -0.2) is 8.42 Å². The van der Waals surface area contributed by atoms with E-state index in [1.54, 1.807) is 6.92 Å². The molecule has 0 aromatic heterocycles. The lowest BCUT2D eigenvalue weighted by Gasteiger charge is -2.23. The van der Waals surface area contributed by atoms with Gasteiger partial charge in [-0.2, -0.15) is 0 Å². The lowest BCUT2D eigenvalue weighted by Crippen LogP contribution is -2.32. The van der Waals surface area contributed by atoms with Crippen LogP contribution in [-0.4, -0.2) is 37.7 Å². The van der Waals surface area contributed by atoms with Crippen LogP contribution in [0, 0.1) is 0 Å². The zero-order valence-electron chi connectivity index (χ0n) is 13.7. The molecule has 5 heteroatoms. The molecular weight excluding hydrogens is 296 g/mol. The first-order valence-electron chi connectivity index (χ1n) is 8.27. The van der Waals surface area contributed by atoms with Crippen LogP contribution >= 0.6 is 0 Å². The molecule has 1 aromatic rings. The van der Waals surface area contributed by atoms with Crippen LogP contribution in [0.5, 0.6) is 0 Å². The second-order valence-electron chi connectivity index (χ2n) is 6.90. The van der Waals surface area contributed by atoms with Crippen LogP contribution in [0.25, 0.3) is 0 Å². The molecule has 1 unspecified atom stereocenters. The Hall–Kier alpha value is -1.07. The maximum absolute atomic E-state index is 12.2. The average molecular weight is 322 g/mol. The summed E-state index contributed by atoms with van der Waals surface area (Å²) in [6, 6.07) is 4.89. The van der Waals surface area contributed by atoms with E-state index in [2.05, 4.69) is 35.6 Å². The Morgan fingerprint density at radius 2 is 1.73 bits per heavy atom. The lowest BCUT2D eigenvalue weighted by atomic mass is 9.96. The van der Waals surface area contributed by atoms with Crippen molar-refractivity contribution in [1.82, 2.24) is 4.90 Å². The highest BCUT2D eigenvalue weighted by Gasteiger charge is 2.27. The Kier molecular flexibility index (Phi) is 4.21. The van der Waals surface area contributed by atoms with Crippen molar-refractivity contribution in [1.29, 1.82) is 0 Å². The van der Waals surface area contributed by atoms with E-state index < -0.39 is 10.0 Å². The minimum atomic E-state index is -3.23. The summed E-state index contributed by atoms with van der Waals surface area (Å²) in [5.41, 5.74) is 4.67. The molecule has 0 saturated heterocycles. The van der Waals surface area contributed by atoms with E-state index >= 15 is 0 Å². The van der Waals surface area contributed by atoms with E-state index in [1.807, 2.05) is 0 Å². The molecule has 2 aliphatic heterocycles. The van der Waals surface area contributed by atoms with Gasteiger partial charge in [-0.3, -0.25) is 4.72 Å². The maximum Gasteiger partial charge on any atom is 0.235 e. The Labute approximate surface area is 134 Å². The fourth-order valence-corrected chi connectivity index (χ4v) is 4.56. The molecule has 3 rings (SSSR count). The predicted molar refractivity (Wildman–Crippen MR) is 90.9 cm³/mol. The van der Waals surface area contributed by atoms with E-state index in [-0.39, 0.29) is 5.25 Å². The summed E-state index contributed by atoms with van der Waals surface area (Å²) in [4.78, 5) is 2.50. The van der Waals surface area contributed by atoms with E-state index in [0.717, 1.165) is 43.6 Å². The van der Waals surface area contributed by atoms with Crippen molar-refractivity contribution in [2.24, 2.45) is 0 Å². The zero-order valence-corrected chi connectivity index (χ0v) is 14.5. The zero-order chi connectivity index (χ0) is 15.9. The Morgan fingerprint density at radius 3 is 2.36 bits per heavy atom. The van der Waals surface area contributed by atoms with Crippen molar-refractivity contribution < 1.29 is 8.42 Å². The van der Waals surface area contributed by atoms with Crippen molar-refractivity contribution in [3.8, 4) is 0 Å². The van der Waals surface area contributed by atoms with Gasteiger partial charge >= 0.3 is 0 Å². The van der Waals surface area contributed by atoms with Crippen molar-refractivity contribution >= 4 is 15.7 Å². The fraction of sp³-hybridized carbons (Fsp3) is 0.647. The van der Waals surface area contributed by atoms with E-state index in [0.29, 0.717) is 12.5 Å². The number of sulfonamides is 1. The average Bonchev–Trinajstić information content (AvgIpc) is 2.71. The van der Waals surface area contributed by atoms with Crippen LogP contribution < -0.4 is 4.72 Å². The first kappa shape index (κ1) is 15.8. The van der Waals surface area contributed by atoms with Crippen LogP contribution in [0.4, 0.5) is 5.69 Å². The molecule has 2 aliphatic rings. The smallest absolute Gasteiger partial charge is 0.235 e. The molecule has 0 fully saturated rings. The van der Waals surface area contributed by atoms with Gasteiger partial charge < -0.3 is 4.90 Å². The number of hydrogen-bond acceptors (Lipinski definition) is 3. The number of anilines is 1. The molecule has 0 radical (unpaired) electrons. The Morgan fingerprint density at radius 1 is 1.09 bits per heavy atom. The van der Waals surface area contributed by atoms with Gasteiger partial charge in [0.05, 0.1) is 10.9 Å². The number of rotatable bonds is 1. The van der Waals surface area contributed by atoms with Crippen molar-refractivity contribution in [2.75, 3.05) is 17.8 Å². The number of hydrogen-bond donors (Lipinski definition) is 1. The minimum Gasteiger partial charge on any atom is -0.300 e. The first-order valence-corrected chi connectivity index (χ1v) is 9.82. The third-order valence-corrected chi connectivity index (χ3v) is 6.89. The molecule has 1 atom stereocenters. The topological polar surface area (TPSA) is 49.4 Å². The first-order chi connectivity index (χ1) is 10.4. The highest BCUT2D eigenvalue weighted by molar-refractivity contribution is 7.93. The number of fused-ring (bicyclic) bond motifs is 2. The maximum atomic E-state index is 12.2. The summed E-state index contributed by atoms with van der Waals surface area (Å²) in [5.74, 6) is 0. The van der Waals surface area contributed by atoms with Crippen LogP contribution in [0.3, 0.4) is 0 Å². The summed E-state index contributed by atoms with van der Waals surface area (Å²) in [6.45, 7) is 8.40. The molecule has 22 heavy (non-hydrogen) atoms. The summed E-state index contributed by atoms with van der Waals surface area (Å²) in [5, 5.41) is -0.323. The molecule has 0 bridgehead atoms. The lowest BCUT2D eigenvalue weighted by molar-refractivity contribution is 0.233. The number of nitrogens with one attached hydrogen (secondary N) is 1. The third kappa shape index (κ3) is 3.01. The molecule has 1 aromatic carbocycles. The molecular formula is C17H26N2O2S. The molecule has 1 N–H and O–H groups in total. The van der Waals surface area contributed by atoms with Gasteiger partial charge in [-0.05, 0) is 69.2 Å². The fourth-order valence-electron chi connectivity index (χ4n) is 3.43. The van der Waals surface area contributed by atoms with Gasteiger partial charge in [0, 0.05) is 19.1 Å². The van der Waals surface area contributed by atoms with Gasteiger partial charge in [0.15, 0.2) is 0 Å². The molecule has 0 spiro atoms. The Balaban J connectivity index is 1.93. The SMILES string of the molecule is CC(C)N1CCc2cc3c(cc2CC1)NS(=O)(=O)C(C)CC3. The van der Waals surface area contributed by atoms with Crippen LogP contribution in [0.1, 0.15) is 43.9 Å². The largest absolute Gasteiger partial charge is 0.300 e. The summed E-state index contributed by atoms with van der Waals surface area (Å²) in [6.07, 6.45) is 3.59. The molecule has 0 aliphatic carbocycles. The van der Waals surface area contributed by atoms with Gasteiger partial charge in [0.25, 0.3) is 0 Å². The van der Waals surface area contributed by atoms with Crippen molar-refractivity contribution in [3.05, 3.63) is 28.8 Å². The highest BCUT2D eigenvalue weighted by Crippen LogP contribution is 2.30. The third-order valence-electron chi connectivity index (χ3n) is 5.09. The molecule has 0 saturated carbocycles. The second kappa shape index (κ2) is 5.85. The summed E-state index contributed by atoms with van der Waals surface area (Å²) >= 11 is 0. The monoisotopic (exact) mass is 322 g/mol. The highest BCUT2D eigenvalue weighted by atomic mass is 32.2. The van der Waals surface area contributed by atoms with Gasteiger partial charge in [0.2, 0.25) is 10.0 Å². The van der Waals surface area contributed by atoms with Gasteiger partial charge in [0.1, 0.15) is 0 Å². The molecule has 0 amide bonds. The Bertz CT molecular complexity index is 667. The standard InChI is InChI=1S/C17H26N2O2S/c1-12(2)19-8-6-14-10-16-5-4-13(3)22(20,21)18-17(16)11-15(14)7-9-19/h10-13,18H,4-9H2,1-3H3. The van der Waals surface area contributed by atoms with E-state index in [9.17, 15) is 8.42 Å². The van der Waals surface area contributed by atoms with E-state index in [1.165, 1.54) is 11.1 Å². The number of benzene rings is 1. The quantitative estimate of drug-likeness (QED) is 0.864. The summed E-state index contributed by atoms with van der Waals surface area (Å²) < 4.78 is 27.3. The second-order valence-corrected chi connectivity index (χ2v) is 9.00. The van der Waals surface area contributed by atoms with Crippen LogP contribution in [-0.2, 0) is 29.3 Å². The number of aryl methyl sites for hydroxylation is 1. The number of nitrogens with zero attached hydrogens (tertiary/aromatic N) is 1. The molecule has 4 nitrogen and oxygen atoms in total. The van der Waals surface area contributed by atoms with Crippen LogP contribution in [0.2, 0.25) is 0 Å². The van der Waals surface area contributed by atoms with Gasteiger partial charge in [-0.15, -0.1) is 0 Å². The minimum absolute atomic E-state index is 0.323. The summed E-state index contributed by atoms with van der Waals surface area (Å²) in [7, 11) is -3.23.